The largest absolute Gasteiger partial charge is 0.338 e. The van der Waals surface area contributed by atoms with Crippen LogP contribution < -0.4 is 5.73 Å². The molecule has 1 fully saturated rings. The maximum Gasteiger partial charge on any atom is 0.254 e. The normalized spacial score (nSPS) is 19.6. The Morgan fingerprint density at radius 1 is 1.08 bits per heavy atom. The fourth-order valence-electron chi connectivity index (χ4n) is 3.22. The van der Waals surface area contributed by atoms with Gasteiger partial charge in [0.25, 0.3) is 5.91 Å². The minimum Gasteiger partial charge on any atom is -0.338 e. The highest BCUT2D eigenvalue weighted by Crippen LogP contribution is 2.33. The molecule has 1 aliphatic heterocycles. The Morgan fingerprint density at radius 2 is 1.68 bits per heavy atom. The van der Waals surface area contributed by atoms with Crippen molar-refractivity contribution in [2.24, 2.45) is 11.7 Å². The predicted octanol–water partition coefficient (Wildman–Crippen LogP) is 3.34. The van der Waals surface area contributed by atoms with Crippen LogP contribution in [-0.4, -0.2) is 30.4 Å². The number of benzene rings is 2. The monoisotopic (exact) mass is 370 g/mol. The highest BCUT2D eigenvalue weighted by molar-refractivity contribution is 5.94. The van der Waals surface area contributed by atoms with E-state index in [4.69, 9.17) is 5.73 Å². The molecule has 3 nitrogen and oxygen atoms in total. The Bertz CT molecular complexity index is 734. The van der Waals surface area contributed by atoms with Gasteiger partial charge in [-0.25, -0.2) is 13.2 Å². The fourth-order valence-corrected chi connectivity index (χ4v) is 3.22. The lowest BCUT2D eigenvalue weighted by atomic mass is 9.89. The third-order valence-electron chi connectivity index (χ3n) is 4.49. The Morgan fingerprint density at radius 3 is 2.24 bits per heavy atom. The van der Waals surface area contributed by atoms with Crippen molar-refractivity contribution in [1.82, 2.24) is 4.90 Å². The predicted molar refractivity (Wildman–Crippen MR) is 91.2 cm³/mol. The number of hydrogen-bond acceptors (Lipinski definition) is 2. The molecule has 0 saturated carbocycles. The number of nitrogens with zero attached hydrogens (tertiary/aromatic N) is 1. The first kappa shape index (κ1) is 19.3. The maximum absolute atomic E-state index is 13.4. The molecule has 134 valence electrons. The Balaban J connectivity index is 0.00000225. The molecule has 2 atom stereocenters. The lowest BCUT2D eigenvalue weighted by Gasteiger charge is -2.17. The number of likely N-dealkylation sites (tertiary alicyclic amines) is 1. The van der Waals surface area contributed by atoms with Crippen molar-refractivity contribution in [2.45, 2.75) is 5.92 Å². The van der Waals surface area contributed by atoms with Gasteiger partial charge in [-0.15, -0.1) is 12.4 Å². The van der Waals surface area contributed by atoms with E-state index >= 15 is 0 Å². The summed E-state index contributed by atoms with van der Waals surface area (Å²) in [7, 11) is 0. The summed E-state index contributed by atoms with van der Waals surface area (Å²) >= 11 is 0. The minimum atomic E-state index is -1.57. The van der Waals surface area contributed by atoms with Crippen molar-refractivity contribution in [3.63, 3.8) is 0 Å². The molecule has 7 heteroatoms. The summed E-state index contributed by atoms with van der Waals surface area (Å²) in [6.45, 7) is 1.20. The van der Waals surface area contributed by atoms with E-state index in [1.54, 1.807) is 0 Å². The summed E-state index contributed by atoms with van der Waals surface area (Å²) in [5.41, 5.74) is 6.69. The SMILES string of the molecule is Cl.NC[C@@H]1CN(C(=O)c2cc(F)c(F)c(F)c2)C[C@H]1c1ccccc1. The third-order valence-corrected chi connectivity index (χ3v) is 4.49. The molecule has 3 rings (SSSR count). The quantitative estimate of drug-likeness (QED) is 0.842. The second-order valence-corrected chi connectivity index (χ2v) is 5.98. The van der Waals surface area contributed by atoms with Gasteiger partial charge in [-0.05, 0) is 30.2 Å². The fraction of sp³-hybridized carbons (Fsp3) is 0.278. The van der Waals surface area contributed by atoms with Crippen LogP contribution in [0.4, 0.5) is 13.2 Å². The molecule has 2 aromatic rings. The second kappa shape index (κ2) is 7.89. The van der Waals surface area contributed by atoms with Crippen LogP contribution in [0.1, 0.15) is 21.8 Å². The molecule has 2 N–H and O–H groups in total. The smallest absolute Gasteiger partial charge is 0.254 e. The number of amides is 1. The summed E-state index contributed by atoms with van der Waals surface area (Å²) < 4.78 is 39.8. The Hall–Kier alpha value is -2.05. The molecule has 0 aromatic heterocycles. The molecule has 1 saturated heterocycles. The van der Waals surface area contributed by atoms with Gasteiger partial charge in [0, 0.05) is 24.6 Å². The molecule has 2 aromatic carbocycles. The first-order valence-corrected chi connectivity index (χ1v) is 7.70. The summed E-state index contributed by atoms with van der Waals surface area (Å²) in [5, 5.41) is 0. The lowest BCUT2D eigenvalue weighted by molar-refractivity contribution is 0.0785. The van der Waals surface area contributed by atoms with Crippen molar-refractivity contribution >= 4 is 18.3 Å². The zero-order valence-electron chi connectivity index (χ0n) is 13.3. The van der Waals surface area contributed by atoms with Crippen molar-refractivity contribution in [2.75, 3.05) is 19.6 Å². The van der Waals surface area contributed by atoms with Crippen LogP contribution >= 0.6 is 12.4 Å². The van der Waals surface area contributed by atoms with Gasteiger partial charge in [-0.3, -0.25) is 4.79 Å². The van der Waals surface area contributed by atoms with Crippen molar-refractivity contribution < 1.29 is 18.0 Å². The number of nitrogens with two attached hydrogens (primary N) is 1. The van der Waals surface area contributed by atoms with Crippen LogP contribution in [0.2, 0.25) is 0 Å². The van der Waals surface area contributed by atoms with Gasteiger partial charge in [0.05, 0.1) is 0 Å². The van der Waals surface area contributed by atoms with Crippen LogP contribution in [0.15, 0.2) is 42.5 Å². The van der Waals surface area contributed by atoms with Gasteiger partial charge in [-0.2, -0.15) is 0 Å². The van der Waals surface area contributed by atoms with E-state index in [1.165, 1.54) is 4.90 Å². The zero-order valence-corrected chi connectivity index (χ0v) is 14.1. The summed E-state index contributed by atoms with van der Waals surface area (Å²) in [6, 6.07) is 11.1. The van der Waals surface area contributed by atoms with Gasteiger partial charge in [0.2, 0.25) is 0 Å². The van der Waals surface area contributed by atoms with Crippen LogP contribution in [0.3, 0.4) is 0 Å². The van der Waals surface area contributed by atoms with Crippen molar-refractivity contribution in [3.05, 3.63) is 71.0 Å². The van der Waals surface area contributed by atoms with E-state index < -0.39 is 23.4 Å². The van der Waals surface area contributed by atoms with E-state index in [9.17, 15) is 18.0 Å². The van der Waals surface area contributed by atoms with E-state index in [1.807, 2.05) is 30.3 Å². The number of halogens is 4. The molecular formula is C18H18ClF3N2O. The molecular weight excluding hydrogens is 353 g/mol. The van der Waals surface area contributed by atoms with E-state index in [-0.39, 0.29) is 29.8 Å². The van der Waals surface area contributed by atoms with Crippen molar-refractivity contribution in [1.29, 1.82) is 0 Å². The molecule has 0 spiro atoms. The van der Waals surface area contributed by atoms with Crippen LogP contribution in [0.5, 0.6) is 0 Å². The molecule has 0 radical (unpaired) electrons. The third kappa shape index (κ3) is 3.80. The molecule has 1 aliphatic rings. The molecule has 0 bridgehead atoms. The number of carbonyl (C=O) groups excluding carboxylic acids is 1. The van der Waals surface area contributed by atoms with E-state index in [2.05, 4.69) is 0 Å². The summed E-state index contributed by atoms with van der Waals surface area (Å²) in [6.07, 6.45) is 0. The van der Waals surface area contributed by atoms with Gasteiger partial charge >= 0.3 is 0 Å². The standard InChI is InChI=1S/C18H17F3N2O.ClH/c19-15-6-12(7-16(20)17(15)21)18(24)23-9-13(8-22)14(10-23)11-4-2-1-3-5-11;/h1-7,13-14H,8-10,22H2;1H/t13-,14+;/m1./s1. The Labute approximate surface area is 150 Å². The van der Waals surface area contributed by atoms with E-state index in [0.717, 1.165) is 17.7 Å². The topological polar surface area (TPSA) is 46.3 Å². The highest BCUT2D eigenvalue weighted by atomic mass is 35.5. The molecule has 1 amide bonds. The summed E-state index contributed by atoms with van der Waals surface area (Å²) in [4.78, 5) is 14.0. The lowest BCUT2D eigenvalue weighted by Crippen LogP contribution is -2.30. The maximum atomic E-state index is 13.4. The second-order valence-electron chi connectivity index (χ2n) is 5.98. The Kier molecular flexibility index (Phi) is 6.08. The average Bonchev–Trinajstić information content (AvgIpc) is 3.03. The van der Waals surface area contributed by atoms with Crippen LogP contribution in [0, 0.1) is 23.4 Å². The molecule has 0 unspecified atom stereocenters. The zero-order chi connectivity index (χ0) is 17.3. The number of rotatable bonds is 3. The van der Waals surface area contributed by atoms with Gasteiger partial charge < -0.3 is 10.6 Å². The van der Waals surface area contributed by atoms with E-state index in [0.29, 0.717) is 19.6 Å². The van der Waals surface area contributed by atoms with Crippen LogP contribution in [-0.2, 0) is 0 Å². The highest BCUT2D eigenvalue weighted by Gasteiger charge is 2.36. The summed E-state index contributed by atoms with van der Waals surface area (Å²) in [5.74, 6) is -4.71. The first-order chi connectivity index (χ1) is 11.5. The molecule has 0 aliphatic carbocycles. The van der Waals surface area contributed by atoms with Gasteiger partial charge in [0.1, 0.15) is 0 Å². The van der Waals surface area contributed by atoms with Gasteiger partial charge in [0.15, 0.2) is 17.5 Å². The first-order valence-electron chi connectivity index (χ1n) is 7.70. The van der Waals surface area contributed by atoms with Crippen LogP contribution in [0.25, 0.3) is 0 Å². The minimum absolute atomic E-state index is 0. The number of hydrogen-bond donors (Lipinski definition) is 1. The van der Waals surface area contributed by atoms with Gasteiger partial charge in [-0.1, -0.05) is 30.3 Å². The molecule has 1 heterocycles. The van der Waals surface area contributed by atoms with Crippen molar-refractivity contribution in [3.8, 4) is 0 Å². The average molecular weight is 371 g/mol. The molecule has 25 heavy (non-hydrogen) atoms. The number of carbonyl (C=O) groups is 1.